The minimum atomic E-state index is 0.702. The Hall–Kier alpha value is -0.540. The molecule has 0 amide bonds. The Balaban J connectivity index is 2.04. The first-order chi connectivity index (χ1) is 7.16. The molecule has 0 bridgehead atoms. The Kier molecular flexibility index (Phi) is 3.32. The summed E-state index contributed by atoms with van der Waals surface area (Å²) in [5, 5.41) is 0. The highest BCUT2D eigenvalue weighted by Gasteiger charge is 2.23. The van der Waals surface area contributed by atoms with Gasteiger partial charge in [0, 0.05) is 29.3 Å². The maximum absolute atomic E-state index is 3.46. The zero-order valence-electron chi connectivity index (χ0n) is 9.28. The van der Waals surface area contributed by atoms with E-state index in [1.54, 1.807) is 0 Å². The van der Waals surface area contributed by atoms with Gasteiger partial charge in [-0.2, -0.15) is 0 Å². The molecule has 0 unspecified atom stereocenters. The van der Waals surface area contributed by atoms with Gasteiger partial charge in [-0.25, -0.2) is 0 Å². The van der Waals surface area contributed by atoms with Gasteiger partial charge < -0.3 is 9.80 Å². The Morgan fingerprint density at radius 1 is 1.27 bits per heavy atom. The van der Waals surface area contributed by atoms with Crippen molar-refractivity contribution in [3.63, 3.8) is 0 Å². The quantitative estimate of drug-likeness (QED) is 0.814. The lowest BCUT2D eigenvalue weighted by molar-refractivity contribution is 0.315. The fourth-order valence-corrected chi connectivity index (χ4v) is 2.31. The average molecular weight is 269 g/mol. The van der Waals surface area contributed by atoms with E-state index in [9.17, 15) is 0 Å². The molecular weight excluding hydrogens is 252 g/mol. The summed E-state index contributed by atoms with van der Waals surface area (Å²) in [6, 6.07) is 9.29. The Bertz CT molecular complexity index is 321. The highest BCUT2D eigenvalue weighted by Crippen LogP contribution is 2.23. The van der Waals surface area contributed by atoms with E-state index < -0.39 is 0 Å². The molecule has 1 aromatic rings. The summed E-state index contributed by atoms with van der Waals surface area (Å²) in [4.78, 5) is 4.77. The fourth-order valence-electron chi connectivity index (χ4n) is 2.05. The highest BCUT2D eigenvalue weighted by atomic mass is 79.9. The van der Waals surface area contributed by atoms with Crippen LogP contribution >= 0.6 is 15.9 Å². The summed E-state index contributed by atoms with van der Waals surface area (Å²) in [6.07, 6.45) is 1.27. The van der Waals surface area contributed by atoms with E-state index >= 15 is 0 Å². The number of benzene rings is 1. The number of hydrogen-bond donors (Lipinski definition) is 0. The van der Waals surface area contributed by atoms with E-state index in [4.69, 9.17) is 0 Å². The molecule has 2 nitrogen and oxygen atoms in total. The fraction of sp³-hybridized carbons (Fsp3) is 0.500. The van der Waals surface area contributed by atoms with Crippen LogP contribution in [0.15, 0.2) is 28.7 Å². The van der Waals surface area contributed by atoms with Crippen LogP contribution in [0.25, 0.3) is 0 Å². The van der Waals surface area contributed by atoms with Crippen molar-refractivity contribution >= 4 is 21.6 Å². The van der Waals surface area contributed by atoms with Gasteiger partial charge in [-0.1, -0.05) is 15.9 Å². The van der Waals surface area contributed by atoms with Gasteiger partial charge in [-0.15, -0.1) is 0 Å². The van der Waals surface area contributed by atoms with E-state index in [0.717, 1.165) is 11.0 Å². The summed E-state index contributed by atoms with van der Waals surface area (Å²) >= 11 is 3.46. The molecule has 0 saturated carbocycles. The highest BCUT2D eigenvalue weighted by molar-refractivity contribution is 9.10. The predicted molar refractivity (Wildman–Crippen MR) is 68.4 cm³/mol. The van der Waals surface area contributed by atoms with Crippen LogP contribution in [-0.2, 0) is 0 Å². The first-order valence-corrected chi connectivity index (χ1v) is 6.13. The van der Waals surface area contributed by atoms with Crippen LogP contribution in [0.3, 0.4) is 0 Å². The Labute approximate surface area is 100 Å². The van der Waals surface area contributed by atoms with Crippen LogP contribution < -0.4 is 4.90 Å². The monoisotopic (exact) mass is 268 g/mol. The third kappa shape index (κ3) is 2.52. The molecule has 0 spiro atoms. The molecule has 1 aliphatic rings. The molecule has 2 rings (SSSR count). The number of hydrogen-bond acceptors (Lipinski definition) is 2. The number of likely N-dealkylation sites (N-methyl/N-ethyl adjacent to an activating group) is 1. The topological polar surface area (TPSA) is 6.48 Å². The normalized spacial score (nSPS) is 21.3. The zero-order valence-corrected chi connectivity index (χ0v) is 10.9. The zero-order chi connectivity index (χ0) is 10.8. The second-order valence-electron chi connectivity index (χ2n) is 4.33. The SMILES string of the molecule is CN(C)[C@@H]1CCN(c2ccc(Br)cc2)C1. The van der Waals surface area contributed by atoms with Crippen molar-refractivity contribution in [1.29, 1.82) is 0 Å². The largest absolute Gasteiger partial charge is 0.370 e. The van der Waals surface area contributed by atoms with E-state index in [1.165, 1.54) is 18.7 Å². The lowest BCUT2D eigenvalue weighted by atomic mass is 10.2. The van der Waals surface area contributed by atoms with Gasteiger partial charge in [0.25, 0.3) is 0 Å². The van der Waals surface area contributed by atoms with Crippen LogP contribution in [0.1, 0.15) is 6.42 Å². The molecule has 1 aliphatic heterocycles. The van der Waals surface area contributed by atoms with Crippen LogP contribution in [0, 0.1) is 0 Å². The van der Waals surface area contributed by atoms with Gasteiger partial charge in [0.15, 0.2) is 0 Å². The van der Waals surface area contributed by atoms with Crippen LogP contribution in [-0.4, -0.2) is 38.1 Å². The van der Waals surface area contributed by atoms with Crippen LogP contribution in [0.4, 0.5) is 5.69 Å². The summed E-state index contributed by atoms with van der Waals surface area (Å²) in [5.41, 5.74) is 1.34. The van der Waals surface area contributed by atoms with Gasteiger partial charge >= 0.3 is 0 Å². The van der Waals surface area contributed by atoms with E-state index in [-0.39, 0.29) is 0 Å². The predicted octanol–water partition coefficient (Wildman–Crippen LogP) is 2.59. The maximum Gasteiger partial charge on any atom is 0.0367 e. The molecule has 0 aliphatic carbocycles. The number of anilines is 1. The van der Waals surface area contributed by atoms with Crippen molar-refractivity contribution in [3.8, 4) is 0 Å². The first kappa shape index (κ1) is 11.0. The number of halogens is 1. The lowest BCUT2D eigenvalue weighted by Gasteiger charge is -2.21. The summed E-state index contributed by atoms with van der Waals surface area (Å²) in [6.45, 7) is 2.32. The molecule has 1 aromatic carbocycles. The minimum absolute atomic E-state index is 0.702. The molecule has 3 heteroatoms. The van der Waals surface area contributed by atoms with Crippen molar-refractivity contribution in [1.82, 2.24) is 4.90 Å². The van der Waals surface area contributed by atoms with Gasteiger partial charge in [0.05, 0.1) is 0 Å². The van der Waals surface area contributed by atoms with Crippen molar-refractivity contribution in [2.24, 2.45) is 0 Å². The maximum atomic E-state index is 3.46. The third-order valence-electron chi connectivity index (χ3n) is 3.09. The second kappa shape index (κ2) is 4.54. The van der Waals surface area contributed by atoms with Crippen molar-refractivity contribution in [2.45, 2.75) is 12.5 Å². The third-order valence-corrected chi connectivity index (χ3v) is 3.61. The molecule has 0 aromatic heterocycles. The minimum Gasteiger partial charge on any atom is -0.370 e. The molecule has 1 atom stereocenters. The molecule has 0 radical (unpaired) electrons. The molecular formula is C12H17BrN2. The summed E-state index contributed by atoms with van der Waals surface area (Å²) in [5.74, 6) is 0. The van der Waals surface area contributed by atoms with Crippen molar-refractivity contribution in [2.75, 3.05) is 32.1 Å². The Morgan fingerprint density at radius 2 is 1.93 bits per heavy atom. The molecule has 1 heterocycles. The molecule has 0 N–H and O–H groups in total. The van der Waals surface area contributed by atoms with Crippen molar-refractivity contribution < 1.29 is 0 Å². The number of nitrogens with zero attached hydrogens (tertiary/aromatic N) is 2. The first-order valence-electron chi connectivity index (χ1n) is 5.34. The molecule has 1 saturated heterocycles. The van der Waals surface area contributed by atoms with Crippen LogP contribution in [0.5, 0.6) is 0 Å². The van der Waals surface area contributed by atoms with Crippen molar-refractivity contribution in [3.05, 3.63) is 28.7 Å². The lowest BCUT2D eigenvalue weighted by Crippen LogP contribution is -2.31. The second-order valence-corrected chi connectivity index (χ2v) is 5.24. The number of rotatable bonds is 2. The summed E-state index contributed by atoms with van der Waals surface area (Å²) < 4.78 is 1.15. The Morgan fingerprint density at radius 3 is 2.47 bits per heavy atom. The van der Waals surface area contributed by atoms with Gasteiger partial charge in [0.1, 0.15) is 0 Å². The molecule has 1 fully saturated rings. The van der Waals surface area contributed by atoms with E-state index in [0.29, 0.717) is 6.04 Å². The van der Waals surface area contributed by atoms with Crippen LogP contribution in [0.2, 0.25) is 0 Å². The van der Waals surface area contributed by atoms with E-state index in [1.807, 2.05) is 0 Å². The molecule has 15 heavy (non-hydrogen) atoms. The average Bonchev–Trinajstić information content (AvgIpc) is 2.68. The van der Waals surface area contributed by atoms with Gasteiger partial charge in [0.2, 0.25) is 0 Å². The molecule has 82 valence electrons. The summed E-state index contributed by atoms with van der Waals surface area (Å²) in [7, 11) is 4.32. The smallest absolute Gasteiger partial charge is 0.0367 e. The van der Waals surface area contributed by atoms with Gasteiger partial charge in [-0.3, -0.25) is 0 Å². The van der Waals surface area contributed by atoms with E-state index in [2.05, 4.69) is 64.1 Å². The van der Waals surface area contributed by atoms with Gasteiger partial charge in [-0.05, 0) is 44.8 Å². The standard InChI is InChI=1S/C12H17BrN2/c1-14(2)12-7-8-15(9-12)11-5-3-10(13)4-6-11/h3-6,12H,7-9H2,1-2H3/t12-/m1/s1.